The molecule has 1 aromatic heterocycles. The highest BCUT2D eigenvalue weighted by Gasteiger charge is 2.54. The van der Waals surface area contributed by atoms with E-state index in [2.05, 4.69) is 0 Å². The van der Waals surface area contributed by atoms with Gasteiger partial charge in [-0.2, -0.15) is 26.3 Å². The minimum atomic E-state index is -5.02. The van der Waals surface area contributed by atoms with Crippen LogP contribution in [0.3, 0.4) is 0 Å². The number of benzene rings is 2. The zero-order chi connectivity index (χ0) is 29.1. The molecule has 3 aromatic rings. The van der Waals surface area contributed by atoms with Gasteiger partial charge in [0, 0.05) is 35.8 Å². The number of hydrogen-bond acceptors (Lipinski definition) is 3. The van der Waals surface area contributed by atoms with E-state index in [-0.39, 0.29) is 30.5 Å². The molecule has 0 bridgehead atoms. The average Bonchev–Trinajstić information content (AvgIpc) is 3.36. The second kappa shape index (κ2) is 9.77. The number of primary sulfonamides is 1. The van der Waals surface area contributed by atoms with Crippen molar-refractivity contribution in [3.63, 3.8) is 0 Å². The lowest BCUT2D eigenvalue weighted by molar-refractivity contribution is -0.173. The Bertz CT molecular complexity index is 1490. The highest BCUT2D eigenvalue weighted by atomic mass is 32.2. The lowest BCUT2D eigenvalue weighted by Crippen LogP contribution is -2.43. The Balaban J connectivity index is 2.01. The van der Waals surface area contributed by atoms with Crippen LogP contribution < -0.4 is 5.14 Å². The molecule has 3 atom stereocenters. The Kier molecular flexibility index (Phi) is 7.35. The van der Waals surface area contributed by atoms with Crippen molar-refractivity contribution < 1.29 is 43.9 Å². The number of hydrogen-bond donors (Lipinski definition) is 1. The monoisotopic (exact) mass is 580 g/mol. The zero-order valence-corrected chi connectivity index (χ0v) is 22.0. The number of rotatable bonds is 5. The van der Waals surface area contributed by atoms with Crippen molar-refractivity contribution in [1.82, 2.24) is 4.57 Å². The summed E-state index contributed by atoms with van der Waals surface area (Å²) >= 11 is 0. The van der Waals surface area contributed by atoms with Crippen molar-refractivity contribution in [2.75, 3.05) is 6.61 Å². The second-order valence-electron chi connectivity index (χ2n) is 10.9. The lowest BCUT2D eigenvalue weighted by Gasteiger charge is -2.28. The zero-order valence-electron chi connectivity index (χ0n) is 21.2. The summed E-state index contributed by atoms with van der Waals surface area (Å²) in [6.07, 6.45) is -10.8. The van der Waals surface area contributed by atoms with Crippen molar-refractivity contribution in [2.24, 2.45) is 10.6 Å². The first kappa shape index (κ1) is 29.3. The molecular weight excluding hydrogens is 553 g/mol. The third-order valence-electron chi connectivity index (χ3n) is 6.69. The SMILES string of the molecule is CC(C)(C)Cn1cc([C@@H](C2OCCC2S(N)(=O)=O)C(F)(F)F)c2cc(F)c(-c3ccccc3C(F)(F)F)cc21. The van der Waals surface area contributed by atoms with E-state index in [1.54, 1.807) is 20.8 Å². The molecule has 1 fully saturated rings. The molecule has 0 aliphatic carbocycles. The Morgan fingerprint density at radius 1 is 1.05 bits per heavy atom. The van der Waals surface area contributed by atoms with Crippen molar-refractivity contribution in [1.29, 1.82) is 0 Å². The molecule has 0 saturated carbocycles. The first-order valence-electron chi connectivity index (χ1n) is 12.0. The summed E-state index contributed by atoms with van der Waals surface area (Å²) < 4.78 is 131. The number of nitrogens with zero attached hydrogens (tertiary/aromatic N) is 1. The van der Waals surface area contributed by atoms with Crippen LogP contribution in [-0.4, -0.2) is 37.1 Å². The van der Waals surface area contributed by atoms with E-state index in [4.69, 9.17) is 9.88 Å². The predicted molar refractivity (Wildman–Crippen MR) is 132 cm³/mol. The number of halogens is 7. The molecule has 214 valence electrons. The number of sulfonamides is 1. The van der Waals surface area contributed by atoms with Gasteiger partial charge >= 0.3 is 12.4 Å². The summed E-state index contributed by atoms with van der Waals surface area (Å²) in [7, 11) is -4.42. The van der Waals surface area contributed by atoms with Gasteiger partial charge in [0.05, 0.1) is 11.7 Å². The molecule has 1 aliphatic heterocycles. The van der Waals surface area contributed by atoms with Crippen LogP contribution in [0.1, 0.15) is 44.2 Å². The van der Waals surface area contributed by atoms with Gasteiger partial charge in [-0.25, -0.2) is 17.9 Å². The van der Waals surface area contributed by atoms with Crippen LogP contribution in [0.4, 0.5) is 30.7 Å². The van der Waals surface area contributed by atoms with Crippen LogP contribution in [0.2, 0.25) is 0 Å². The van der Waals surface area contributed by atoms with E-state index in [1.165, 1.54) is 10.6 Å². The van der Waals surface area contributed by atoms with Crippen LogP contribution in [0.5, 0.6) is 0 Å². The van der Waals surface area contributed by atoms with E-state index in [1.807, 2.05) is 0 Å². The van der Waals surface area contributed by atoms with Gasteiger partial charge in [-0.1, -0.05) is 39.0 Å². The summed E-state index contributed by atoms with van der Waals surface area (Å²) in [5, 5.41) is 3.36. The lowest BCUT2D eigenvalue weighted by atomic mass is 9.89. The third kappa shape index (κ3) is 5.94. The van der Waals surface area contributed by atoms with Gasteiger partial charge in [-0.3, -0.25) is 0 Å². The molecule has 0 amide bonds. The molecular formula is C26H27F7N2O3S. The summed E-state index contributed by atoms with van der Waals surface area (Å²) in [5.74, 6) is -3.65. The number of aromatic nitrogens is 1. The smallest absolute Gasteiger partial charge is 0.376 e. The van der Waals surface area contributed by atoms with Gasteiger partial charge in [0.1, 0.15) is 17.0 Å². The molecule has 2 N–H and O–H groups in total. The molecule has 0 spiro atoms. The van der Waals surface area contributed by atoms with E-state index < -0.39 is 73.1 Å². The van der Waals surface area contributed by atoms with Crippen molar-refractivity contribution in [3.8, 4) is 11.1 Å². The number of alkyl halides is 6. The fourth-order valence-electron chi connectivity index (χ4n) is 5.19. The molecule has 2 aromatic carbocycles. The molecule has 39 heavy (non-hydrogen) atoms. The maximum Gasteiger partial charge on any atom is 0.417 e. The molecule has 5 nitrogen and oxygen atoms in total. The van der Waals surface area contributed by atoms with E-state index in [9.17, 15) is 34.8 Å². The van der Waals surface area contributed by atoms with Crippen LogP contribution in [0, 0.1) is 11.2 Å². The first-order valence-corrected chi connectivity index (χ1v) is 13.6. The number of fused-ring (bicyclic) bond motifs is 1. The largest absolute Gasteiger partial charge is 0.417 e. The summed E-state index contributed by atoms with van der Waals surface area (Å²) in [4.78, 5) is 0. The van der Waals surface area contributed by atoms with Crippen molar-refractivity contribution in [3.05, 3.63) is 59.5 Å². The number of ether oxygens (including phenoxy) is 1. The molecule has 2 heterocycles. The summed E-state index contributed by atoms with van der Waals surface area (Å²) in [6.45, 7) is 5.27. The molecule has 4 rings (SSSR count). The van der Waals surface area contributed by atoms with Crippen LogP contribution in [0.15, 0.2) is 42.6 Å². The Morgan fingerprint density at radius 3 is 2.26 bits per heavy atom. The molecule has 13 heteroatoms. The normalized spacial score (nSPS) is 20.1. The Hall–Kier alpha value is -2.64. The van der Waals surface area contributed by atoms with Gasteiger partial charge in [-0.05, 0) is 41.2 Å². The van der Waals surface area contributed by atoms with E-state index in [0.717, 1.165) is 36.5 Å². The van der Waals surface area contributed by atoms with Crippen molar-refractivity contribution in [2.45, 2.75) is 63.4 Å². The van der Waals surface area contributed by atoms with Gasteiger partial charge in [0.25, 0.3) is 0 Å². The fourth-order valence-corrected chi connectivity index (χ4v) is 6.23. The summed E-state index contributed by atoms with van der Waals surface area (Å²) in [5.41, 5.74) is -2.87. The summed E-state index contributed by atoms with van der Waals surface area (Å²) in [6, 6.07) is 6.21. The van der Waals surface area contributed by atoms with Crippen LogP contribution in [0.25, 0.3) is 22.0 Å². The highest BCUT2D eigenvalue weighted by molar-refractivity contribution is 7.89. The molecule has 1 saturated heterocycles. The molecule has 2 unspecified atom stereocenters. The minimum Gasteiger partial charge on any atom is -0.376 e. The Labute approximate surface area is 220 Å². The highest BCUT2D eigenvalue weighted by Crippen LogP contribution is 2.47. The van der Waals surface area contributed by atoms with Crippen LogP contribution in [-0.2, 0) is 27.5 Å². The van der Waals surface area contributed by atoms with Gasteiger partial charge < -0.3 is 9.30 Å². The second-order valence-corrected chi connectivity index (χ2v) is 12.7. The van der Waals surface area contributed by atoms with Crippen LogP contribution >= 0.6 is 0 Å². The fraction of sp³-hybridized carbons (Fsp3) is 0.462. The topological polar surface area (TPSA) is 74.3 Å². The standard InChI is InChI=1S/C26H27F7N2O3S/c1-24(2,3)13-35-12-17(22(26(31,32)33)23-21(8-9-38-23)39(34,36)37)16-10-19(27)15(11-20(16)35)14-6-4-5-7-18(14)25(28,29)30/h4-7,10-12,21-23H,8-9,13H2,1-3H3,(H2,34,36,37)/t21?,22-,23?/m0/s1. The maximum absolute atomic E-state index is 15.5. The van der Waals surface area contributed by atoms with Crippen molar-refractivity contribution >= 4 is 20.9 Å². The minimum absolute atomic E-state index is 0.0627. The predicted octanol–water partition coefficient (Wildman–Crippen LogP) is 6.60. The molecule has 1 aliphatic rings. The quantitative estimate of drug-likeness (QED) is 0.346. The maximum atomic E-state index is 15.5. The number of nitrogens with two attached hydrogens (primary N) is 1. The molecule has 0 radical (unpaired) electrons. The van der Waals surface area contributed by atoms with Gasteiger partial charge in [0.15, 0.2) is 0 Å². The van der Waals surface area contributed by atoms with Gasteiger partial charge in [-0.15, -0.1) is 0 Å². The van der Waals surface area contributed by atoms with E-state index >= 15 is 4.39 Å². The average molecular weight is 581 g/mol. The van der Waals surface area contributed by atoms with Gasteiger partial charge in [0.2, 0.25) is 10.0 Å². The van der Waals surface area contributed by atoms with E-state index in [0.29, 0.717) is 0 Å². The third-order valence-corrected chi connectivity index (χ3v) is 8.03. The Morgan fingerprint density at radius 2 is 1.69 bits per heavy atom. The first-order chi connectivity index (χ1) is 17.8.